The van der Waals surface area contributed by atoms with Crippen molar-refractivity contribution < 1.29 is 4.79 Å². The highest BCUT2D eigenvalue weighted by molar-refractivity contribution is 6.30. The second kappa shape index (κ2) is 9.36. The third-order valence-corrected chi connectivity index (χ3v) is 5.26. The molecule has 0 atom stereocenters. The van der Waals surface area contributed by atoms with Gasteiger partial charge < -0.3 is 5.32 Å². The molecule has 1 saturated heterocycles. The summed E-state index contributed by atoms with van der Waals surface area (Å²) < 4.78 is 0. The molecule has 1 amide bonds. The van der Waals surface area contributed by atoms with Crippen LogP contribution in [0.4, 0.5) is 5.69 Å². The fourth-order valence-corrected chi connectivity index (χ4v) is 3.43. The number of piperazine rings is 1. The largest absolute Gasteiger partial charge is 0.325 e. The molecule has 4 nitrogen and oxygen atoms in total. The molecule has 5 heteroatoms. The van der Waals surface area contributed by atoms with Crippen LogP contribution in [0.5, 0.6) is 0 Å². The molecular formula is C22H28ClN3O. The second-order valence-corrected chi connectivity index (χ2v) is 7.94. The Labute approximate surface area is 167 Å². The van der Waals surface area contributed by atoms with E-state index in [9.17, 15) is 4.79 Å². The van der Waals surface area contributed by atoms with Crippen LogP contribution in [-0.4, -0.2) is 48.4 Å². The van der Waals surface area contributed by atoms with Crippen molar-refractivity contribution in [3.8, 4) is 0 Å². The lowest BCUT2D eigenvalue weighted by Crippen LogP contribution is -2.48. The monoisotopic (exact) mass is 385 g/mol. The molecule has 2 aromatic rings. The molecule has 0 radical (unpaired) electrons. The van der Waals surface area contributed by atoms with E-state index in [1.54, 1.807) is 0 Å². The topological polar surface area (TPSA) is 35.6 Å². The molecule has 2 aromatic carbocycles. The van der Waals surface area contributed by atoms with Gasteiger partial charge in [0.25, 0.3) is 0 Å². The minimum absolute atomic E-state index is 0.0541. The van der Waals surface area contributed by atoms with E-state index in [0.717, 1.165) is 43.4 Å². The van der Waals surface area contributed by atoms with Gasteiger partial charge in [-0.2, -0.15) is 0 Å². The van der Waals surface area contributed by atoms with Crippen molar-refractivity contribution in [2.45, 2.75) is 26.3 Å². The van der Waals surface area contributed by atoms with Crippen LogP contribution in [0, 0.1) is 0 Å². The minimum Gasteiger partial charge on any atom is -0.325 e. The van der Waals surface area contributed by atoms with Gasteiger partial charge in [-0.3, -0.25) is 14.6 Å². The lowest BCUT2D eigenvalue weighted by molar-refractivity contribution is -0.117. The Morgan fingerprint density at radius 1 is 0.963 bits per heavy atom. The quantitative estimate of drug-likeness (QED) is 0.808. The van der Waals surface area contributed by atoms with Crippen molar-refractivity contribution >= 4 is 23.2 Å². The lowest BCUT2D eigenvalue weighted by Gasteiger charge is -2.34. The molecule has 1 heterocycles. The number of nitrogens with zero attached hydrogens (tertiary/aromatic N) is 2. The molecule has 0 spiro atoms. The molecule has 144 valence electrons. The van der Waals surface area contributed by atoms with Crippen molar-refractivity contribution in [3.63, 3.8) is 0 Å². The zero-order valence-electron chi connectivity index (χ0n) is 16.1. The van der Waals surface area contributed by atoms with Crippen LogP contribution >= 0.6 is 11.6 Å². The van der Waals surface area contributed by atoms with E-state index in [0.29, 0.717) is 12.5 Å². The summed E-state index contributed by atoms with van der Waals surface area (Å²) in [5, 5.41) is 3.78. The molecule has 1 aliphatic rings. The van der Waals surface area contributed by atoms with E-state index in [2.05, 4.69) is 53.2 Å². The number of nitrogens with one attached hydrogen (secondary N) is 1. The maximum atomic E-state index is 12.3. The molecule has 1 aliphatic heterocycles. The predicted molar refractivity (Wildman–Crippen MR) is 112 cm³/mol. The van der Waals surface area contributed by atoms with Gasteiger partial charge in [0, 0.05) is 43.4 Å². The minimum atomic E-state index is 0.0541. The highest BCUT2D eigenvalue weighted by Gasteiger charge is 2.19. The first kappa shape index (κ1) is 19.9. The third kappa shape index (κ3) is 6.06. The van der Waals surface area contributed by atoms with Crippen molar-refractivity contribution in [2.75, 3.05) is 38.0 Å². The first-order valence-corrected chi connectivity index (χ1v) is 9.96. The maximum Gasteiger partial charge on any atom is 0.238 e. The molecule has 1 fully saturated rings. The van der Waals surface area contributed by atoms with Crippen molar-refractivity contribution in [1.82, 2.24) is 9.80 Å². The van der Waals surface area contributed by atoms with E-state index in [1.165, 1.54) is 11.1 Å². The highest BCUT2D eigenvalue weighted by atomic mass is 35.5. The van der Waals surface area contributed by atoms with Crippen LogP contribution in [0.2, 0.25) is 5.02 Å². The van der Waals surface area contributed by atoms with Crippen LogP contribution in [0.3, 0.4) is 0 Å². The van der Waals surface area contributed by atoms with E-state index in [-0.39, 0.29) is 5.91 Å². The summed E-state index contributed by atoms with van der Waals surface area (Å²) in [7, 11) is 0. The second-order valence-electron chi connectivity index (χ2n) is 7.50. The molecule has 0 unspecified atom stereocenters. The van der Waals surface area contributed by atoms with Crippen LogP contribution in [-0.2, 0) is 11.3 Å². The molecular weight excluding hydrogens is 358 g/mol. The number of benzene rings is 2. The number of carbonyl (C=O) groups is 1. The number of halogens is 1. The fraction of sp³-hybridized carbons (Fsp3) is 0.409. The average Bonchev–Trinajstić information content (AvgIpc) is 2.65. The van der Waals surface area contributed by atoms with Crippen molar-refractivity contribution in [1.29, 1.82) is 0 Å². The van der Waals surface area contributed by atoms with Gasteiger partial charge in [-0.1, -0.05) is 49.7 Å². The number of rotatable bonds is 6. The Morgan fingerprint density at radius 3 is 2.15 bits per heavy atom. The summed E-state index contributed by atoms with van der Waals surface area (Å²) in [5.41, 5.74) is 3.42. The first-order chi connectivity index (χ1) is 13.0. The Hall–Kier alpha value is -1.88. The number of hydrogen-bond acceptors (Lipinski definition) is 3. The van der Waals surface area contributed by atoms with Crippen LogP contribution < -0.4 is 5.32 Å². The van der Waals surface area contributed by atoms with E-state index < -0.39 is 0 Å². The Balaban J connectivity index is 1.41. The summed E-state index contributed by atoms with van der Waals surface area (Å²) in [6.45, 7) is 9.47. The van der Waals surface area contributed by atoms with Gasteiger partial charge in [-0.25, -0.2) is 0 Å². The predicted octanol–water partition coefficient (Wildman–Crippen LogP) is 4.22. The van der Waals surface area contributed by atoms with Crippen LogP contribution in [0.25, 0.3) is 0 Å². The normalized spacial score (nSPS) is 15.9. The summed E-state index contributed by atoms with van der Waals surface area (Å²) in [6.07, 6.45) is 0. The smallest absolute Gasteiger partial charge is 0.238 e. The Kier molecular flexibility index (Phi) is 6.89. The van der Waals surface area contributed by atoms with Gasteiger partial charge >= 0.3 is 0 Å². The first-order valence-electron chi connectivity index (χ1n) is 9.58. The van der Waals surface area contributed by atoms with E-state index >= 15 is 0 Å². The molecule has 3 rings (SSSR count). The zero-order chi connectivity index (χ0) is 19.2. The zero-order valence-corrected chi connectivity index (χ0v) is 16.9. The van der Waals surface area contributed by atoms with Crippen molar-refractivity contribution in [3.05, 3.63) is 64.7 Å². The standard InChI is InChI=1S/C22H28ClN3O/c1-17(2)19-5-9-21(10-6-19)24-22(27)16-26-13-11-25(12-14-26)15-18-3-7-20(23)8-4-18/h3-10,17H,11-16H2,1-2H3,(H,24,27). The average molecular weight is 386 g/mol. The van der Waals surface area contributed by atoms with Gasteiger partial charge in [0.05, 0.1) is 6.54 Å². The number of anilines is 1. The Morgan fingerprint density at radius 2 is 1.56 bits per heavy atom. The van der Waals surface area contributed by atoms with Gasteiger partial charge in [-0.15, -0.1) is 0 Å². The Bertz CT molecular complexity index is 735. The van der Waals surface area contributed by atoms with Gasteiger partial charge in [0.1, 0.15) is 0 Å². The third-order valence-electron chi connectivity index (χ3n) is 5.01. The molecule has 27 heavy (non-hydrogen) atoms. The summed E-state index contributed by atoms with van der Waals surface area (Å²) in [6, 6.07) is 16.1. The number of hydrogen-bond donors (Lipinski definition) is 1. The SMILES string of the molecule is CC(C)c1ccc(NC(=O)CN2CCN(Cc3ccc(Cl)cc3)CC2)cc1. The van der Waals surface area contributed by atoms with Crippen LogP contribution in [0.1, 0.15) is 30.9 Å². The summed E-state index contributed by atoms with van der Waals surface area (Å²) >= 11 is 5.94. The van der Waals surface area contributed by atoms with Gasteiger partial charge in [0.15, 0.2) is 0 Å². The number of amides is 1. The lowest BCUT2D eigenvalue weighted by atomic mass is 10.0. The summed E-state index contributed by atoms with van der Waals surface area (Å²) in [4.78, 5) is 17.0. The molecule has 0 aromatic heterocycles. The molecule has 0 saturated carbocycles. The highest BCUT2D eigenvalue weighted by Crippen LogP contribution is 2.17. The fourth-order valence-electron chi connectivity index (χ4n) is 3.31. The van der Waals surface area contributed by atoms with Gasteiger partial charge in [-0.05, 0) is 41.3 Å². The van der Waals surface area contributed by atoms with E-state index in [4.69, 9.17) is 11.6 Å². The maximum absolute atomic E-state index is 12.3. The number of carbonyl (C=O) groups excluding carboxylic acids is 1. The van der Waals surface area contributed by atoms with Crippen LogP contribution in [0.15, 0.2) is 48.5 Å². The molecule has 0 bridgehead atoms. The molecule has 0 aliphatic carbocycles. The summed E-state index contributed by atoms with van der Waals surface area (Å²) in [5.74, 6) is 0.553. The van der Waals surface area contributed by atoms with Gasteiger partial charge in [0.2, 0.25) is 5.91 Å². The van der Waals surface area contributed by atoms with E-state index in [1.807, 2.05) is 24.3 Å². The van der Waals surface area contributed by atoms with Crippen molar-refractivity contribution in [2.24, 2.45) is 0 Å². The molecule has 1 N–H and O–H groups in total.